The normalized spacial score (nSPS) is 12.8. The fraction of sp³-hybridized carbons (Fsp3) is 0.130. The Labute approximate surface area is 187 Å². The van der Waals surface area contributed by atoms with Gasteiger partial charge in [-0.3, -0.25) is 15.0 Å². The zero-order valence-electron chi connectivity index (χ0n) is 17.0. The lowest BCUT2D eigenvalue weighted by atomic mass is 10.0. The number of rotatable bonds is 3. The van der Waals surface area contributed by atoms with Gasteiger partial charge in [0.15, 0.2) is 0 Å². The molecule has 9 heteroatoms. The van der Waals surface area contributed by atoms with Crippen LogP contribution in [0.3, 0.4) is 0 Å². The molecule has 1 aliphatic rings. The minimum absolute atomic E-state index is 0.0731. The average Bonchev–Trinajstić information content (AvgIpc) is 3.20. The van der Waals surface area contributed by atoms with Crippen LogP contribution in [0.5, 0.6) is 0 Å². The lowest BCUT2D eigenvalue weighted by Crippen LogP contribution is -2.23. The number of carbonyl (C=O) groups is 1. The van der Waals surface area contributed by atoms with Crippen LogP contribution in [0.4, 0.5) is 15.9 Å². The molecule has 0 spiro atoms. The highest BCUT2D eigenvalue weighted by Gasteiger charge is 2.25. The molecule has 0 aliphatic carbocycles. The fourth-order valence-corrected chi connectivity index (χ4v) is 4.05. The lowest BCUT2D eigenvalue weighted by molar-refractivity contribution is -0.0379. The highest BCUT2D eigenvalue weighted by molar-refractivity contribution is 6.31. The number of halogens is 2. The van der Waals surface area contributed by atoms with Gasteiger partial charge in [-0.15, -0.1) is 0 Å². The summed E-state index contributed by atoms with van der Waals surface area (Å²) in [6.07, 6.45) is 3.77. The third-order valence-corrected chi connectivity index (χ3v) is 5.79. The van der Waals surface area contributed by atoms with E-state index in [0.717, 1.165) is 33.3 Å². The van der Waals surface area contributed by atoms with Gasteiger partial charge in [0.2, 0.25) is 0 Å². The van der Waals surface area contributed by atoms with E-state index < -0.39 is 11.7 Å². The molecule has 1 amide bonds. The van der Waals surface area contributed by atoms with Crippen LogP contribution in [0.25, 0.3) is 22.0 Å². The maximum atomic E-state index is 13.9. The van der Waals surface area contributed by atoms with Gasteiger partial charge in [-0.05, 0) is 47.9 Å². The molecular formula is C23H17ClFN5O2. The maximum absolute atomic E-state index is 13.9. The predicted molar refractivity (Wildman–Crippen MR) is 119 cm³/mol. The molecule has 3 heterocycles. The highest BCUT2D eigenvalue weighted by Crippen LogP contribution is 2.39. The Balaban J connectivity index is 1.57. The number of amides is 1. The van der Waals surface area contributed by atoms with Crippen LogP contribution in [0.15, 0.2) is 55.0 Å². The van der Waals surface area contributed by atoms with Crippen LogP contribution in [0, 0.1) is 5.82 Å². The van der Waals surface area contributed by atoms with E-state index in [4.69, 9.17) is 11.6 Å². The van der Waals surface area contributed by atoms with E-state index in [0.29, 0.717) is 23.8 Å². The summed E-state index contributed by atoms with van der Waals surface area (Å²) in [5, 5.41) is 10.7. The van der Waals surface area contributed by atoms with Crippen LogP contribution >= 0.6 is 11.6 Å². The first-order valence-electron chi connectivity index (χ1n) is 9.86. The van der Waals surface area contributed by atoms with E-state index >= 15 is 0 Å². The summed E-state index contributed by atoms with van der Waals surface area (Å²) in [6.45, 7) is 0.651. The average molecular weight is 450 g/mol. The zero-order chi connectivity index (χ0) is 22.4. The van der Waals surface area contributed by atoms with E-state index in [1.165, 1.54) is 19.4 Å². The molecule has 0 atom stereocenters. The van der Waals surface area contributed by atoms with Gasteiger partial charge in [-0.25, -0.2) is 19.4 Å². The maximum Gasteiger partial charge on any atom is 0.295 e. The summed E-state index contributed by atoms with van der Waals surface area (Å²) in [6, 6.07) is 12.2. The Morgan fingerprint density at radius 1 is 1.12 bits per heavy atom. The quantitative estimate of drug-likeness (QED) is 0.362. The second-order valence-electron chi connectivity index (χ2n) is 7.49. The smallest absolute Gasteiger partial charge is 0.295 e. The number of pyridine rings is 1. The third-order valence-electron chi connectivity index (χ3n) is 5.50. The van der Waals surface area contributed by atoms with Gasteiger partial charge in [-0.2, -0.15) is 0 Å². The van der Waals surface area contributed by atoms with Gasteiger partial charge in [0.05, 0.1) is 10.5 Å². The molecule has 0 saturated heterocycles. The van der Waals surface area contributed by atoms with Crippen molar-refractivity contribution in [3.05, 3.63) is 77.1 Å². The van der Waals surface area contributed by atoms with Crippen molar-refractivity contribution in [2.75, 3.05) is 18.5 Å². The summed E-state index contributed by atoms with van der Waals surface area (Å²) in [4.78, 5) is 26.9. The topological polar surface area (TPSA) is 82.4 Å². The molecule has 1 N–H and O–H groups in total. The molecule has 32 heavy (non-hydrogen) atoms. The number of aromatic nitrogens is 3. The molecular weight excluding hydrogens is 433 g/mol. The highest BCUT2D eigenvalue weighted by atomic mass is 35.5. The van der Waals surface area contributed by atoms with Gasteiger partial charge in [0, 0.05) is 36.4 Å². The Bertz CT molecular complexity index is 1360. The molecule has 0 unspecified atom stereocenters. The van der Waals surface area contributed by atoms with Gasteiger partial charge in [-0.1, -0.05) is 23.7 Å². The van der Waals surface area contributed by atoms with Crippen molar-refractivity contribution >= 4 is 39.9 Å². The molecule has 0 bridgehead atoms. The second kappa shape index (κ2) is 7.81. The van der Waals surface area contributed by atoms with Crippen molar-refractivity contribution in [1.29, 1.82) is 0 Å². The number of hydrogen-bond acceptors (Lipinski definition) is 6. The van der Waals surface area contributed by atoms with Crippen LogP contribution in [-0.4, -0.2) is 44.7 Å². The van der Waals surface area contributed by atoms with Crippen molar-refractivity contribution < 1.29 is 14.4 Å². The number of benzene rings is 2. The van der Waals surface area contributed by atoms with Gasteiger partial charge in [0.1, 0.15) is 23.7 Å². The summed E-state index contributed by atoms with van der Waals surface area (Å²) in [5.74, 6) is -0.308. The molecule has 0 saturated carbocycles. The number of hydrogen-bond donors (Lipinski definition) is 1. The monoisotopic (exact) mass is 449 g/mol. The lowest BCUT2D eigenvalue weighted by Gasteiger charge is -2.20. The molecule has 5 rings (SSSR count). The van der Waals surface area contributed by atoms with E-state index in [1.54, 1.807) is 24.4 Å². The van der Waals surface area contributed by atoms with E-state index in [2.05, 4.69) is 15.0 Å². The molecule has 4 aromatic rings. The summed E-state index contributed by atoms with van der Waals surface area (Å²) >= 11 is 6.04. The van der Waals surface area contributed by atoms with Gasteiger partial charge < -0.3 is 4.90 Å². The summed E-state index contributed by atoms with van der Waals surface area (Å²) in [5.41, 5.74) is 4.29. The van der Waals surface area contributed by atoms with Crippen molar-refractivity contribution in [3.63, 3.8) is 0 Å². The number of carbonyl (C=O) groups excluding carboxylic acids is 1. The first-order valence-corrected chi connectivity index (χ1v) is 10.2. The van der Waals surface area contributed by atoms with Crippen LogP contribution < -0.4 is 4.90 Å². The number of anilines is 2. The SMILES string of the molecule is CN(O)C(=O)c1ccc(-c2ccc3ncnc(N4CCc5cc(F)c(Cl)cc54)c3c2)cn1. The van der Waals surface area contributed by atoms with E-state index in [-0.39, 0.29) is 10.7 Å². The van der Waals surface area contributed by atoms with Crippen LogP contribution in [0.1, 0.15) is 16.1 Å². The minimum atomic E-state index is -0.589. The van der Waals surface area contributed by atoms with Crippen molar-refractivity contribution in [2.45, 2.75) is 6.42 Å². The zero-order valence-corrected chi connectivity index (χ0v) is 17.7. The largest absolute Gasteiger partial charge is 0.325 e. The molecule has 7 nitrogen and oxygen atoms in total. The number of hydroxylamine groups is 2. The Morgan fingerprint density at radius 2 is 1.94 bits per heavy atom. The molecule has 160 valence electrons. The van der Waals surface area contributed by atoms with E-state index in [9.17, 15) is 14.4 Å². The Kier molecular flexibility index (Phi) is 4.96. The minimum Gasteiger partial charge on any atom is -0.325 e. The molecule has 0 fully saturated rings. The van der Waals surface area contributed by atoms with Gasteiger partial charge >= 0.3 is 0 Å². The van der Waals surface area contributed by atoms with Crippen molar-refractivity contribution in [1.82, 2.24) is 20.0 Å². The standard InChI is InChI=1S/C23H17ClFN5O2/c1-29(32)23(31)20-5-3-15(11-26-20)13-2-4-19-16(8-13)22(28-12-27-19)30-7-6-14-9-18(25)17(24)10-21(14)30/h2-5,8-12,32H,6-7H2,1H3. The summed E-state index contributed by atoms with van der Waals surface area (Å²) in [7, 11) is 1.25. The fourth-order valence-electron chi connectivity index (χ4n) is 3.90. The Morgan fingerprint density at radius 3 is 2.69 bits per heavy atom. The first-order chi connectivity index (χ1) is 15.4. The van der Waals surface area contributed by atoms with Crippen LogP contribution in [0.2, 0.25) is 5.02 Å². The molecule has 2 aromatic heterocycles. The Hall–Kier alpha value is -3.62. The number of nitrogens with zero attached hydrogens (tertiary/aromatic N) is 5. The number of fused-ring (bicyclic) bond motifs is 2. The van der Waals surface area contributed by atoms with Gasteiger partial charge in [0.25, 0.3) is 5.91 Å². The van der Waals surface area contributed by atoms with Crippen molar-refractivity contribution in [2.24, 2.45) is 0 Å². The third kappa shape index (κ3) is 3.43. The molecule has 2 aromatic carbocycles. The van der Waals surface area contributed by atoms with Crippen LogP contribution in [-0.2, 0) is 6.42 Å². The molecule has 0 radical (unpaired) electrons. The predicted octanol–water partition coefficient (Wildman–Crippen LogP) is 4.64. The van der Waals surface area contributed by atoms with Crippen molar-refractivity contribution in [3.8, 4) is 11.1 Å². The second-order valence-corrected chi connectivity index (χ2v) is 7.89. The summed E-state index contributed by atoms with van der Waals surface area (Å²) < 4.78 is 13.9. The molecule has 1 aliphatic heterocycles. The van der Waals surface area contributed by atoms with E-state index in [1.807, 2.05) is 23.1 Å². The first kappa shape index (κ1) is 20.3.